The van der Waals surface area contributed by atoms with Gasteiger partial charge in [-0.05, 0) is 25.3 Å². The largest absolute Gasteiger partial charge is 0.493 e. The lowest BCUT2D eigenvalue weighted by atomic mass is 9.93. The monoisotopic (exact) mass is 325 g/mol. The fourth-order valence-electron chi connectivity index (χ4n) is 2.90. The second-order valence-electron chi connectivity index (χ2n) is 5.61. The van der Waals surface area contributed by atoms with Gasteiger partial charge in [0.15, 0.2) is 0 Å². The van der Waals surface area contributed by atoms with Gasteiger partial charge in [0.2, 0.25) is 15.9 Å². The Bertz CT molecular complexity index is 652. The molecule has 0 aromatic heterocycles. The summed E-state index contributed by atoms with van der Waals surface area (Å²) in [5, 5.41) is 0. The smallest absolute Gasteiger partial charge is 0.241 e. The maximum Gasteiger partial charge on any atom is 0.241 e. The minimum absolute atomic E-state index is 0.163. The zero-order valence-electron chi connectivity index (χ0n) is 12.2. The van der Waals surface area contributed by atoms with Gasteiger partial charge in [0.05, 0.1) is 24.4 Å². The number of para-hydroxylation sites is 1. The van der Waals surface area contributed by atoms with Gasteiger partial charge in [0, 0.05) is 12.2 Å². The molecule has 0 aliphatic carbocycles. The van der Waals surface area contributed by atoms with Gasteiger partial charge in [0.1, 0.15) is 5.75 Å². The summed E-state index contributed by atoms with van der Waals surface area (Å²) >= 11 is 0. The number of hydrogen-bond acceptors (Lipinski definition) is 5. The van der Waals surface area contributed by atoms with Crippen molar-refractivity contribution in [2.75, 3.05) is 19.0 Å². The van der Waals surface area contributed by atoms with E-state index in [1.165, 1.54) is 0 Å². The predicted molar refractivity (Wildman–Crippen MR) is 80.2 cm³/mol. The summed E-state index contributed by atoms with van der Waals surface area (Å²) in [4.78, 5) is 12.4. The van der Waals surface area contributed by atoms with Crippen LogP contribution >= 0.6 is 0 Å². The van der Waals surface area contributed by atoms with E-state index in [9.17, 15) is 13.2 Å². The Labute approximate surface area is 129 Å². The van der Waals surface area contributed by atoms with Crippen LogP contribution in [0.3, 0.4) is 0 Å². The summed E-state index contributed by atoms with van der Waals surface area (Å²) in [5.74, 6) is -0.507. The van der Waals surface area contributed by atoms with E-state index in [0.717, 1.165) is 18.4 Å². The Morgan fingerprint density at radius 3 is 2.82 bits per heavy atom. The van der Waals surface area contributed by atoms with E-state index in [4.69, 9.17) is 9.47 Å². The Hall–Kier alpha value is -1.60. The van der Waals surface area contributed by atoms with Crippen LogP contribution in [0.4, 0.5) is 0 Å². The van der Waals surface area contributed by atoms with Crippen LogP contribution in [-0.4, -0.2) is 39.4 Å². The van der Waals surface area contributed by atoms with E-state index < -0.39 is 21.8 Å². The third-order valence-corrected chi connectivity index (χ3v) is 5.28. The molecule has 2 heterocycles. The van der Waals surface area contributed by atoms with Crippen molar-refractivity contribution in [3.8, 4) is 5.75 Å². The third-order valence-electron chi connectivity index (χ3n) is 3.96. The molecule has 0 radical (unpaired) electrons. The van der Waals surface area contributed by atoms with Crippen LogP contribution in [0.25, 0.3) is 0 Å². The van der Waals surface area contributed by atoms with Gasteiger partial charge in [-0.25, -0.2) is 8.42 Å². The zero-order valence-corrected chi connectivity index (χ0v) is 13.0. The Morgan fingerprint density at radius 1 is 1.23 bits per heavy atom. The number of fused-ring (bicyclic) bond motifs is 1. The Morgan fingerprint density at radius 2 is 2.05 bits per heavy atom. The van der Waals surface area contributed by atoms with E-state index in [0.29, 0.717) is 25.4 Å². The van der Waals surface area contributed by atoms with Crippen LogP contribution in [0, 0.1) is 0 Å². The molecule has 1 fully saturated rings. The number of rotatable bonds is 4. The van der Waals surface area contributed by atoms with E-state index in [2.05, 4.69) is 4.72 Å². The second-order valence-corrected chi connectivity index (χ2v) is 7.38. The number of amides is 1. The molecule has 7 heteroatoms. The average Bonchev–Trinajstić information content (AvgIpc) is 2.98. The van der Waals surface area contributed by atoms with Gasteiger partial charge in [-0.3, -0.25) is 9.52 Å². The van der Waals surface area contributed by atoms with Crippen LogP contribution in [0.2, 0.25) is 0 Å². The SMILES string of the molecule is O=C(NS(=O)(=O)CC1CCCO1)C1CCOc2ccccc21. The lowest BCUT2D eigenvalue weighted by molar-refractivity contribution is -0.121. The first kappa shape index (κ1) is 15.3. The van der Waals surface area contributed by atoms with Crippen LogP contribution in [-0.2, 0) is 19.6 Å². The van der Waals surface area contributed by atoms with E-state index in [-0.39, 0.29) is 11.9 Å². The highest BCUT2D eigenvalue weighted by molar-refractivity contribution is 7.90. The summed E-state index contributed by atoms with van der Waals surface area (Å²) in [6.45, 7) is 0.988. The molecule has 0 spiro atoms. The van der Waals surface area contributed by atoms with E-state index >= 15 is 0 Å². The van der Waals surface area contributed by atoms with Crippen LogP contribution in [0.1, 0.15) is 30.7 Å². The van der Waals surface area contributed by atoms with E-state index in [1.54, 1.807) is 12.1 Å². The standard InChI is InChI=1S/C15H19NO5S/c17-15(16-22(18,19)10-11-4-3-8-20-11)13-7-9-21-14-6-2-1-5-12(13)14/h1-2,5-6,11,13H,3-4,7-10H2,(H,16,17). The van der Waals surface area contributed by atoms with Gasteiger partial charge < -0.3 is 9.47 Å². The van der Waals surface area contributed by atoms with Crippen molar-refractivity contribution < 1.29 is 22.7 Å². The van der Waals surface area contributed by atoms with Crippen LogP contribution in [0.15, 0.2) is 24.3 Å². The van der Waals surface area contributed by atoms with E-state index in [1.807, 2.05) is 12.1 Å². The molecule has 1 aromatic rings. The molecule has 0 bridgehead atoms. The lowest BCUT2D eigenvalue weighted by Crippen LogP contribution is -2.40. The van der Waals surface area contributed by atoms with Gasteiger partial charge in [-0.1, -0.05) is 18.2 Å². The van der Waals surface area contributed by atoms with Gasteiger partial charge in [-0.15, -0.1) is 0 Å². The maximum absolute atomic E-state index is 12.4. The topological polar surface area (TPSA) is 81.7 Å². The average molecular weight is 325 g/mol. The first-order chi connectivity index (χ1) is 10.6. The highest BCUT2D eigenvalue weighted by Crippen LogP contribution is 2.33. The molecule has 1 aromatic carbocycles. The van der Waals surface area contributed by atoms with Crippen molar-refractivity contribution in [3.63, 3.8) is 0 Å². The normalized spacial score (nSPS) is 24.4. The molecule has 22 heavy (non-hydrogen) atoms. The van der Waals surface area contributed by atoms with Crippen molar-refractivity contribution in [1.29, 1.82) is 0 Å². The fraction of sp³-hybridized carbons (Fsp3) is 0.533. The second kappa shape index (κ2) is 6.26. The molecule has 120 valence electrons. The molecule has 6 nitrogen and oxygen atoms in total. The highest BCUT2D eigenvalue weighted by atomic mass is 32.2. The minimum atomic E-state index is -3.68. The lowest BCUT2D eigenvalue weighted by Gasteiger charge is -2.25. The Kier molecular flexibility index (Phi) is 4.35. The molecule has 2 atom stereocenters. The number of nitrogens with one attached hydrogen (secondary N) is 1. The molecular weight excluding hydrogens is 306 g/mol. The molecule has 2 aliphatic rings. The van der Waals surface area contributed by atoms with Crippen molar-refractivity contribution in [1.82, 2.24) is 4.72 Å². The minimum Gasteiger partial charge on any atom is -0.493 e. The van der Waals surface area contributed by atoms with Gasteiger partial charge in [-0.2, -0.15) is 0 Å². The summed E-state index contributed by atoms with van der Waals surface area (Å²) in [6, 6.07) is 7.23. The first-order valence-electron chi connectivity index (χ1n) is 7.43. The van der Waals surface area contributed by atoms with Crippen molar-refractivity contribution >= 4 is 15.9 Å². The maximum atomic E-state index is 12.4. The van der Waals surface area contributed by atoms with Crippen molar-refractivity contribution in [2.24, 2.45) is 0 Å². The summed E-state index contributed by atoms with van der Waals surface area (Å²) in [7, 11) is -3.68. The molecule has 0 saturated carbocycles. The summed E-state index contributed by atoms with van der Waals surface area (Å²) < 4.78 is 37.2. The molecule has 3 rings (SSSR count). The number of hydrogen-bond donors (Lipinski definition) is 1. The van der Waals surface area contributed by atoms with Crippen LogP contribution in [0.5, 0.6) is 5.75 Å². The highest BCUT2D eigenvalue weighted by Gasteiger charge is 2.31. The number of sulfonamides is 1. The molecule has 1 N–H and O–H groups in total. The van der Waals surface area contributed by atoms with Gasteiger partial charge in [0.25, 0.3) is 0 Å². The summed E-state index contributed by atoms with van der Waals surface area (Å²) in [5.41, 5.74) is 0.735. The first-order valence-corrected chi connectivity index (χ1v) is 9.08. The van der Waals surface area contributed by atoms with Crippen molar-refractivity contribution in [2.45, 2.75) is 31.3 Å². The third kappa shape index (κ3) is 3.41. The Balaban J connectivity index is 1.69. The number of ether oxygens (including phenoxy) is 2. The fourth-order valence-corrected chi connectivity index (χ4v) is 4.19. The number of benzene rings is 1. The van der Waals surface area contributed by atoms with Gasteiger partial charge >= 0.3 is 0 Å². The number of carbonyl (C=O) groups is 1. The molecule has 1 amide bonds. The van der Waals surface area contributed by atoms with Crippen molar-refractivity contribution in [3.05, 3.63) is 29.8 Å². The molecule has 1 saturated heterocycles. The zero-order chi connectivity index (χ0) is 15.6. The predicted octanol–water partition coefficient (Wildman–Crippen LogP) is 1.18. The number of carbonyl (C=O) groups excluding carboxylic acids is 1. The van der Waals surface area contributed by atoms with Crippen LogP contribution < -0.4 is 9.46 Å². The molecule has 2 unspecified atom stereocenters. The molecular formula is C15H19NO5S. The summed E-state index contributed by atoms with van der Waals surface area (Å²) in [6.07, 6.45) is 1.74. The molecule has 2 aliphatic heterocycles. The quantitative estimate of drug-likeness (QED) is 0.899.